The molecule has 2 rings (SSSR count). The number of carbonyl (C=O) groups is 1. The van der Waals surface area contributed by atoms with E-state index in [4.69, 9.17) is 32.7 Å². The van der Waals surface area contributed by atoms with Crippen molar-refractivity contribution in [3.63, 3.8) is 0 Å². The SMILES string of the molecule is COC(=O)c1cccc(Cl)c1NCCOc1ccc(Cl)cc1. The number of rotatable bonds is 6. The van der Waals surface area contributed by atoms with Crippen molar-refractivity contribution < 1.29 is 14.3 Å². The molecule has 0 amide bonds. The third-order valence-electron chi connectivity index (χ3n) is 2.91. The number of anilines is 1. The van der Waals surface area contributed by atoms with Crippen LogP contribution in [0.25, 0.3) is 0 Å². The molecule has 0 atom stereocenters. The fourth-order valence-corrected chi connectivity index (χ4v) is 2.23. The summed E-state index contributed by atoms with van der Waals surface area (Å²) in [7, 11) is 1.33. The van der Waals surface area contributed by atoms with Gasteiger partial charge in [-0.3, -0.25) is 0 Å². The zero-order valence-electron chi connectivity index (χ0n) is 11.9. The Morgan fingerprint density at radius 2 is 1.86 bits per heavy atom. The summed E-state index contributed by atoms with van der Waals surface area (Å²) in [6, 6.07) is 12.2. The maximum absolute atomic E-state index is 11.7. The van der Waals surface area contributed by atoms with E-state index in [1.165, 1.54) is 7.11 Å². The first-order chi connectivity index (χ1) is 10.6. The molecule has 2 aromatic rings. The Kier molecular flexibility index (Phi) is 5.92. The molecule has 2 aromatic carbocycles. The standard InChI is InChI=1S/C16H15Cl2NO3/c1-21-16(20)13-3-2-4-14(18)15(13)19-9-10-22-12-7-5-11(17)6-8-12/h2-8,19H,9-10H2,1H3. The van der Waals surface area contributed by atoms with Crippen molar-refractivity contribution in [2.75, 3.05) is 25.6 Å². The molecule has 0 spiro atoms. The lowest BCUT2D eigenvalue weighted by Gasteiger charge is -2.13. The predicted octanol–water partition coefficient (Wildman–Crippen LogP) is 4.27. The summed E-state index contributed by atoms with van der Waals surface area (Å²) < 4.78 is 10.3. The van der Waals surface area contributed by atoms with Gasteiger partial charge in [0.1, 0.15) is 12.4 Å². The lowest BCUT2D eigenvalue weighted by molar-refractivity contribution is 0.0602. The number of ether oxygens (including phenoxy) is 2. The summed E-state index contributed by atoms with van der Waals surface area (Å²) in [6.45, 7) is 0.893. The van der Waals surface area contributed by atoms with E-state index in [2.05, 4.69) is 5.32 Å². The quantitative estimate of drug-likeness (QED) is 0.630. The van der Waals surface area contributed by atoms with Crippen molar-refractivity contribution in [1.29, 1.82) is 0 Å². The Balaban J connectivity index is 1.94. The van der Waals surface area contributed by atoms with E-state index in [-0.39, 0.29) is 0 Å². The van der Waals surface area contributed by atoms with Gasteiger partial charge in [0.25, 0.3) is 0 Å². The van der Waals surface area contributed by atoms with Gasteiger partial charge in [-0.05, 0) is 36.4 Å². The van der Waals surface area contributed by atoms with E-state index in [0.29, 0.717) is 34.4 Å². The number of nitrogens with one attached hydrogen (secondary N) is 1. The molecule has 0 unspecified atom stereocenters. The first-order valence-corrected chi connectivity index (χ1v) is 7.36. The first-order valence-electron chi connectivity index (χ1n) is 6.61. The van der Waals surface area contributed by atoms with Crippen LogP contribution in [-0.4, -0.2) is 26.2 Å². The normalized spacial score (nSPS) is 10.1. The van der Waals surface area contributed by atoms with Crippen molar-refractivity contribution in [3.8, 4) is 5.75 Å². The van der Waals surface area contributed by atoms with E-state index >= 15 is 0 Å². The molecule has 0 aliphatic carbocycles. The summed E-state index contributed by atoms with van der Waals surface area (Å²) in [5, 5.41) is 4.20. The van der Waals surface area contributed by atoms with E-state index < -0.39 is 5.97 Å². The summed E-state index contributed by atoms with van der Waals surface area (Å²) in [4.78, 5) is 11.7. The molecule has 0 bridgehead atoms. The van der Waals surface area contributed by atoms with Gasteiger partial charge in [0.2, 0.25) is 0 Å². The van der Waals surface area contributed by atoms with Gasteiger partial charge >= 0.3 is 5.97 Å². The minimum absolute atomic E-state index is 0.390. The highest BCUT2D eigenvalue weighted by molar-refractivity contribution is 6.34. The van der Waals surface area contributed by atoms with Crippen molar-refractivity contribution in [3.05, 3.63) is 58.1 Å². The number of carbonyl (C=O) groups excluding carboxylic acids is 1. The van der Waals surface area contributed by atoms with Gasteiger partial charge in [0.15, 0.2) is 0 Å². The number of esters is 1. The Morgan fingerprint density at radius 3 is 2.55 bits per heavy atom. The lowest BCUT2D eigenvalue weighted by atomic mass is 10.2. The maximum atomic E-state index is 11.7. The molecule has 0 heterocycles. The molecule has 0 saturated carbocycles. The van der Waals surface area contributed by atoms with Crippen molar-refractivity contribution in [2.24, 2.45) is 0 Å². The van der Waals surface area contributed by atoms with Crippen LogP contribution in [0.5, 0.6) is 5.75 Å². The van der Waals surface area contributed by atoms with Crippen LogP contribution in [0.1, 0.15) is 10.4 Å². The average Bonchev–Trinajstić information content (AvgIpc) is 2.53. The Labute approximate surface area is 138 Å². The Hall–Kier alpha value is -1.91. The fraction of sp³-hybridized carbons (Fsp3) is 0.188. The van der Waals surface area contributed by atoms with Gasteiger partial charge in [0.05, 0.1) is 23.4 Å². The van der Waals surface area contributed by atoms with Crippen LogP contribution in [0.3, 0.4) is 0 Å². The topological polar surface area (TPSA) is 47.6 Å². The van der Waals surface area contributed by atoms with Gasteiger partial charge in [-0.1, -0.05) is 29.3 Å². The van der Waals surface area contributed by atoms with Crippen LogP contribution in [-0.2, 0) is 4.74 Å². The molecule has 22 heavy (non-hydrogen) atoms. The van der Waals surface area contributed by atoms with Gasteiger partial charge < -0.3 is 14.8 Å². The lowest BCUT2D eigenvalue weighted by Crippen LogP contribution is -2.15. The zero-order chi connectivity index (χ0) is 15.9. The summed E-state index contributed by atoms with van der Waals surface area (Å²) >= 11 is 11.9. The van der Waals surface area contributed by atoms with Gasteiger partial charge in [0, 0.05) is 11.6 Å². The molecule has 6 heteroatoms. The smallest absolute Gasteiger partial charge is 0.340 e. The highest BCUT2D eigenvalue weighted by atomic mass is 35.5. The van der Waals surface area contributed by atoms with Crippen molar-refractivity contribution in [1.82, 2.24) is 0 Å². The zero-order valence-corrected chi connectivity index (χ0v) is 13.4. The predicted molar refractivity (Wildman–Crippen MR) is 88.2 cm³/mol. The largest absolute Gasteiger partial charge is 0.492 e. The molecule has 0 fully saturated rings. The second-order valence-corrected chi connectivity index (χ2v) is 5.23. The Morgan fingerprint density at radius 1 is 1.14 bits per heavy atom. The average molecular weight is 340 g/mol. The molecule has 4 nitrogen and oxygen atoms in total. The summed E-state index contributed by atoms with van der Waals surface area (Å²) in [6.07, 6.45) is 0. The van der Waals surface area contributed by atoms with E-state index in [1.54, 1.807) is 42.5 Å². The molecular weight excluding hydrogens is 325 g/mol. The first kappa shape index (κ1) is 16.5. The molecule has 0 aliphatic heterocycles. The number of benzene rings is 2. The molecule has 1 N–H and O–H groups in total. The highest BCUT2D eigenvalue weighted by Gasteiger charge is 2.14. The monoisotopic (exact) mass is 339 g/mol. The maximum Gasteiger partial charge on any atom is 0.340 e. The van der Waals surface area contributed by atoms with Crippen LogP contribution >= 0.6 is 23.2 Å². The van der Waals surface area contributed by atoms with Crippen LogP contribution in [0.4, 0.5) is 5.69 Å². The number of hydrogen-bond donors (Lipinski definition) is 1. The third-order valence-corrected chi connectivity index (χ3v) is 3.47. The van der Waals surface area contributed by atoms with E-state index in [0.717, 1.165) is 5.75 Å². The van der Waals surface area contributed by atoms with Crippen LogP contribution in [0, 0.1) is 0 Å². The molecule has 0 radical (unpaired) electrons. The second-order valence-electron chi connectivity index (χ2n) is 4.38. The highest BCUT2D eigenvalue weighted by Crippen LogP contribution is 2.26. The van der Waals surface area contributed by atoms with Gasteiger partial charge in [-0.25, -0.2) is 4.79 Å². The number of hydrogen-bond acceptors (Lipinski definition) is 4. The molecule has 116 valence electrons. The number of para-hydroxylation sites is 1. The minimum Gasteiger partial charge on any atom is -0.492 e. The van der Waals surface area contributed by atoms with Crippen LogP contribution in [0.15, 0.2) is 42.5 Å². The fourth-order valence-electron chi connectivity index (χ4n) is 1.86. The minimum atomic E-state index is -0.441. The number of methoxy groups -OCH3 is 1. The van der Waals surface area contributed by atoms with Crippen LogP contribution < -0.4 is 10.1 Å². The van der Waals surface area contributed by atoms with E-state index in [1.807, 2.05) is 0 Å². The third kappa shape index (κ3) is 4.29. The van der Waals surface area contributed by atoms with Crippen molar-refractivity contribution in [2.45, 2.75) is 0 Å². The molecule has 0 aliphatic rings. The van der Waals surface area contributed by atoms with Gasteiger partial charge in [-0.2, -0.15) is 0 Å². The van der Waals surface area contributed by atoms with Crippen molar-refractivity contribution >= 4 is 34.9 Å². The summed E-state index contributed by atoms with van der Waals surface area (Å²) in [5.74, 6) is 0.280. The van der Waals surface area contributed by atoms with E-state index in [9.17, 15) is 4.79 Å². The van der Waals surface area contributed by atoms with Crippen LogP contribution in [0.2, 0.25) is 10.0 Å². The molecular formula is C16H15Cl2NO3. The number of halogens is 2. The molecule has 0 aromatic heterocycles. The summed E-state index contributed by atoms with van der Waals surface area (Å²) in [5.41, 5.74) is 0.928. The molecule has 0 saturated heterocycles. The van der Waals surface area contributed by atoms with Gasteiger partial charge in [-0.15, -0.1) is 0 Å². The Bertz CT molecular complexity index is 644. The second kappa shape index (κ2) is 7.92.